The van der Waals surface area contributed by atoms with Crippen LogP contribution in [0.15, 0.2) is 33.3 Å². The van der Waals surface area contributed by atoms with Crippen LogP contribution in [0.25, 0.3) is 0 Å². The minimum Gasteiger partial charge on any atom is -0.493 e. The van der Waals surface area contributed by atoms with E-state index in [-0.39, 0.29) is 17.7 Å². The molecule has 0 bridgehead atoms. The summed E-state index contributed by atoms with van der Waals surface area (Å²) in [4.78, 5) is 20.0. The van der Waals surface area contributed by atoms with Gasteiger partial charge in [-0.1, -0.05) is 0 Å². The van der Waals surface area contributed by atoms with Crippen LogP contribution < -0.4 is 24.8 Å². The molecule has 9 nitrogen and oxygen atoms in total. The van der Waals surface area contributed by atoms with E-state index in [0.29, 0.717) is 34.9 Å². The van der Waals surface area contributed by atoms with Gasteiger partial charge in [-0.3, -0.25) is 15.5 Å². The average molecular weight is 343 g/mol. The highest BCUT2D eigenvalue weighted by molar-refractivity contribution is 6.35. The zero-order valence-electron chi connectivity index (χ0n) is 14.0. The summed E-state index contributed by atoms with van der Waals surface area (Å²) < 4.78 is 15.9. The zero-order valence-corrected chi connectivity index (χ0v) is 14.0. The van der Waals surface area contributed by atoms with E-state index in [1.165, 1.54) is 7.11 Å². The maximum Gasteiger partial charge on any atom is 0.262 e. The molecule has 9 heteroatoms. The zero-order chi connectivity index (χ0) is 18.0. The minimum atomic E-state index is -0.380. The number of aliphatic imine (C=N–C) groups is 2. The number of anilines is 1. The van der Waals surface area contributed by atoms with Crippen molar-refractivity contribution in [2.75, 3.05) is 33.2 Å². The van der Waals surface area contributed by atoms with E-state index < -0.39 is 0 Å². The lowest BCUT2D eigenvalue weighted by Crippen LogP contribution is -2.37. The summed E-state index contributed by atoms with van der Waals surface area (Å²) in [6.45, 7) is 0.344. The van der Waals surface area contributed by atoms with Crippen LogP contribution >= 0.6 is 0 Å². The van der Waals surface area contributed by atoms with Crippen LogP contribution in [0.5, 0.6) is 17.2 Å². The van der Waals surface area contributed by atoms with Crippen LogP contribution in [0.2, 0.25) is 0 Å². The van der Waals surface area contributed by atoms with E-state index in [2.05, 4.69) is 20.6 Å². The summed E-state index contributed by atoms with van der Waals surface area (Å²) in [5, 5.41) is 13.0. The summed E-state index contributed by atoms with van der Waals surface area (Å²) in [5.41, 5.74) is 1.78. The molecule has 0 spiro atoms. The van der Waals surface area contributed by atoms with E-state index >= 15 is 0 Å². The Kier molecular flexibility index (Phi) is 4.38. The molecule has 0 aromatic heterocycles. The maximum absolute atomic E-state index is 12.0. The van der Waals surface area contributed by atoms with E-state index in [1.807, 2.05) is 0 Å². The number of hydrogen-bond donors (Lipinski definition) is 3. The number of fused-ring (bicyclic) bond motifs is 1. The second-order valence-electron chi connectivity index (χ2n) is 5.16. The monoisotopic (exact) mass is 343 g/mol. The molecule has 2 heterocycles. The number of amides is 1. The Balaban J connectivity index is 1.85. The summed E-state index contributed by atoms with van der Waals surface area (Å²) in [6, 6.07) is 3.54. The fraction of sp³-hybridized carbons (Fsp3) is 0.250. The van der Waals surface area contributed by atoms with Crippen molar-refractivity contribution in [3.05, 3.63) is 23.3 Å². The van der Waals surface area contributed by atoms with E-state index in [0.717, 1.165) is 5.69 Å². The number of nitrogens with zero attached hydrogens (tertiary/aromatic N) is 2. The normalized spacial score (nSPS) is 15.6. The van der Waals surface area contributed by atoms with Gasteiger partial charge in [-0.05, 0) is 0 Å². The minimum absolute atomic E-state index is 0.209. The molecule has 1 aromatic carbocycles. The number of rotatable bonds is 6. The van der Waals surface area contributed by atoms with Crippen LogP contribution in [0, 0.1) is 5.41 Å². The second-order valence-corrected chi connectivity index (χ2v) is 5.16. The van der Waals surface area contributed by atoms with Crippen molar-refractivity contribution in [3.8, 4) is 17.2 Å². The Bertz CT molecular complexity index is 816. The maximum atomic E-state index is 12.0. The lowest BCUT2D eigenvalue weighted by molar-refractivity contribution is -0.115. The van der Waals surface area contributed by atoms with Crippen molar-refractivity contribution >= 4 is 29.6 Å². The molecular formula is C16H17N5O4. The van der Waals surface area contributed by atoms with Crippen LogP contribution in [0.4, 0.5) is 5.69 Å². The molecule has 3 N–H and O–H groups in total. The molecule has 3 rings (SSSR count). The van der Waals surface area contributed by atoms with Crippen LogP contribution in [-0.2, 0) is 4.79 Å². The molecular weight excluding hydrogens is 326 g/mol. The first-order valence-corrected chi connectivity index (χ1v) is 7.37. The number of amidine groups is 1. The van der Waals surface area contributed by atoms with Crippen LogP contribution in [0.1, 0.15) is 0 Å². The van der Waals surface area contributed by atoms with Crippen molar-refractivity contribution in [2.24, 2.45) is 9.98 Å². The Morgan fingerprint density at radius 2 is 1.84 bits per heavy atom. The summed E-state index contributed by atoms with van der Waals surface area (Å²) in [6.07, 6.45) is 1.57. The molecule has 0 fully saturated rings. The molecule has 2 aliphatic heterocycles. The van der Waals surface area contributed by atoms with Crippen LogP contribution in [0.3, 0.4) is 0 Å². The van der Waals surface area contributed by atoms with Gasteiger partial charge in [0, 0.05) is 36.2 Å². The standard InChI is InChI=1S/C16H17N5O4/c1-23-10-4-9(5-11(24-2)13(10)25-3)18-6-8-7-19-14-12(8)15(22)21-16(17)20-14/h4-5,7,18H,6H2,1-3H3,(H2,17,21,22). The molecule has 25 heavy (non-hydrogen) atoms. The van der Waals surface area contributed by atoms with Gasteiger partial charge in [-0.15, -0.1) is 0 Å². The van der Waals surface area contributed by atoms with Gasteiger partial charge in [-0.2, -0.15) is 4.99 Å². The molecule has 0 saturated carbocycles. The molecule has 0 atom stereocenters. The van der Waals surface area contributed by atoms with Gasteiger partial charge < -0.3 is 19.5 Å². The first kappa shape index (κ1) is 16.5. The van der Waals surface area contributed by atoms with Crippen molar-refractivity contribution in [2.45, 2.75) is 0 Å². The largest absolute Gasteiger partial charge is 0.493 e. The Labute approximate surface area is 143 Å². The van der Waals surface area contributed by atoms with E-state index in [1.54, 1.807) is 32.6 Å². The predicted octanol–water partition coefficient (Wildman–Crippen LogP) is 0.968. The Morgan fingerprint density at radius 3 is 2.44 bits per heavy atom. The highest BCUT2D eigenvalue weighted by atomic mass is 16.5. The quantitative estimate of drug-likeness (QED) is 0.711. The van der Waals surface area contributed by atoms with Gasteiger partial charge >= 0.3 is 0 Å². The molecule has 2 aliphatic rings. The average Bonchev–Trinajstić information content (AvgIpc) is 3.01. The highest BCUT2D eigenvalue weighted by Crippen LogP contribution is 2.40. The number of ether oxygens (including phenoxy) is 3. The van der Waals surface area contributed by atoms with Gasteiger partial charge in [0.15, 0.2) is 17.3 Å². The number of methoxy groups -OCH3 is 3. The van der Waals surface area contributed by atoms with Crippen molar-refractivity contribution in [1.29, 1.82) is 5.41 Å². The smallest absolute Gasteiger partial charge is 0.262 e. The third-order valence-corrected chi connectivity index (χ3v) is 3.71. The first-order chi connectivity index (χ1) is 12.1. The summed E-state index contributed by atoms with van der Waals surface area (Å²) in [7, 11) is 4.62. The highest BCUT2D eigenvalue weighted by Gasteiger charge is 2.29. The molecule has 0 saturated heterocycles. The third kappa shape index (κ3) is 3.03. The van der Waals surface area contributed by atoms with Gasteiger partial charge in [0.1, 0.15) is 0 Å². The lowest BCUT2D eigenvalue weighted by Gasteiger charge is -2.16. The fourth-order valence-corrected chi connectivity index (χ4v) is 2.56. The fourth-order valence-electron chi connectivity index (χ4n) is 2.56. The number of carbonyl (C=O) groups is 1. The van der Waals surface area contributed by atoms with Crippen molar-refractivity contribution < 1.29 is 19.0 Å². The first-order valence-electron chi connectivity index (χ1n) is 7.37. The van der Waals surface area contributed by atoms with Gasteiger partial charge in [0.2, 0.25) is 11.7 Å². The second kappa shape index (κ2) is 6.63. The van der Waals surface area contributed by atoms with Crippen molar-refractivity contribution in [3.63, 3.8) is 0 Å². The Morgan fingerprint density at radius 1 is 1.16 bits per heavy atom. The molecule has 130 valence electrons. The van der Waals surface area contributed by atoms with Gasteiger partial charge in [0.25, 0.3) is 5.91 Å². The van der Waals surface area contributed by atoms with Gasteiger partial charge in [0.05, 0.1) is 26.9 Å². The summed E-state index contributed by atoms with van der Waals surface area (Å²) >= 11 is 0. The molecule has 1 amide bonds. The lowest BCUT2D eigenvalue weighted by atomic mass is 10.1. The van der Waals surface area contributed by atoms with E-state index in [4.69, 9.17) is 19.6 Å². The third-order valence-electron chi connectivity index (χ3n) is 3.71. The van der Waals surface area contributed by atoms with Crippen molar-refractivity contribution in [1.82, 2.24) is 5.32 Å². The predicted molar refractivity (Wildman–Crippen MR) is 93.4 cm³/mol. The number of benzene rings is 1. The summed E-state index contributed by atoms with van der Waals surface area (Å²) in [5.74, 6) is 1.21. The molecule has 0 unspecified atom stereocenters. The Hall–Kier alpha value is -3.36. The molecule has 0 aliphatic carbocycles. The number of hydrogen-bond acceptors (Lipinski definition) is 7. The molecule has 1 aromatic rings. The number of carbonyl (C=O) groups excluding carboxylic acids is 1. The van der Waals surface area contributed by atoms with E-state index in [9.17, 15) is 4.79 Å². The topological polar surface area (TPSA) is 117 Å². The number of nitrogens with one attached hydrogen (secondary N) is 3. The molecule has 0 radical (unpaired) electrons. The van der Waals surface area contributed by atoms with Gasteiger partial charge in [-0.25, -0.2) is 4.99 Å². The number of guanidine groups is 1. The SMILES string of the molecule is COc1cc(NCC2=C3C(=O)NC(=N)N=C3N=C2)cc(OC)c1OC. The van der Waals surface area contributed by atoms with Crippen LogP contribution in [-0.4, -0.2) is 51.8 Å².